The van der Waals surface area contributed by atoms with E-state index in [1.165, 1.54) is 12.8 Å². The molecule has 0 spiro atoms. The number of imidazole rings is 1. The maximum absolute atomic E-state index is 4.75. The van der Waals surface area contributed by atoms with Crippen molar-refractivity contribution in [3.63, 3.8) is 0 Å². The molecule has 0 saturated carbocycles. The zero-order valence-corrected chi connectivity index (χ0v) is 15.8. The van der Waals surface area contributed by atoms with Crippen molar-refractivity contribution in [2.75, 3.05) is 11.9 Å². The van der Waals surface area contributed by atoms with Crippen molar-refractivity contribution in [3.8, 4) is 0 Å². The highest BCUT2D eigenvalue weighted by Crippen LogP contribution is 2.32. The lowest BCUT2D eigenvalue weighted by atomic mass is 9.99. The fourth-order valence-electron chi connectivity index (χ4n) is 3.66. The smallest absolute Gasteiger partial charge is 0.135 e. The number of aromatic amines is 1. The SMILES string of the molecule is Cc1cccc(Nc2cc(C3CCCCN3Cc3ncc[nH]3)nc(C)n2)n1. The Morgan fingerprint density at radius 1 is 1.15 bits per heavy atom. The summed E-state index contributed by atoms with van der Waals surface area (Å²) in [7, 11) is 0. The van der Waals surface area contributed by atoms with Crippen LogP contribution in [0.25, 0.3) is 0 Å². The molecule has 4 heterocycles. The van der Waals surface area contributed by atoms with Crippen LogP contribution in [-0.2, 0) is 6.54 Å². The third-order valence-electron chi connectivity index (χ3n) is 4.87. The molecule has 3 aromatic rings. The van der Waals surface area contributed by atoms with Crippen LogP contribution in [0.2, 0.25) is 0 Å². The van der Waals surface area contributed by atoms with Gasteiger partial charge in [0.2, 0.25) is 0 Å². The standard InChI is InChI=1S/C20H25N7/c1-14-6-5-8-18(23-14)26-19-12-16(24-15(2)25-19)17-7-3-4-11-27(17)13-20-21-9-10-22-20/h5-6,8-10,12,17H,3-4,7,11,13H2,1-2H3,(H,21,22)(H,23,24,25,26). The Morgan fingerprint density at radius 3 is 2.89 bits per heavy atom. The molecule has 0 radical (unpaired) electrons. The highest BCUT2D eigenvalue weighted by molar-refractivity contribution is 5.52. The van der Waals surface area contributed by atoms with Gasteiger partial charge in [-0.05, 0) is 45.4 Å². The van der Waals surface area contributed by atoms with Crippen LogP contribution in [-0.4, -0.2) is 36.4 Å². The van der Waals surface area contributed by atoms with Crippen molar-refractivity contribution in [1.82, 2.24) is 29.8 Å². The molecule has 7 heteroatoms. The Balaban J connectivity index is 1.58. The van der Waals surface area contributed by atoms with Crippen molar-refractivity contribution >= 4 is 11.6 Å². The van der Waals surface area contributed by atoms with Gasteiger partial charge in [0.15, 0.2) is 0 Å². The lowest BCUT2D eigenvalue weighted by Gasteiger charge is -2.34. The Morgan fingerprint density at radius 2 is 2.07 bits per heavy atom. The van der Waals surface area contributed by atoms with Crippen LogP contribution in [0.1, 0.15) is 48.3 Å². The summed E-state index contributed by atoms with van der Waals surface area (Å²) in [6.07, 6.45) is 7.20. The van der Waals surface area contributed by atoms with Crippen LogP contribution >= 0.6 is 0 Å². The molecule has 1 aliphatic heterocycles. The number of H-pyrrole nitrogens is 1. The molecule has 0 amide bonds. The van der Waals surface area contributed by atoms with Crippen molar-refractivity contribution in [2.45, 2.75) is 45.7 Å². The minimum atomic E-state index is 0.275. The fraction of sp³-hybridized carbons (Fsp3) is 0.400. The fourth-order valence-corrected chi connectivity index (χ4v) is 3.66. The van der Waals surface area contributed by atoms with E-state index >= 15 is 0 Å². The Labute approximate surface area is 159 Å². The summed E-state index contributed by atoms with van der Waals surface area (Å²) < 4.78 is 0. The predicted octanol–water partition coefficient (Wildman–Crippen LogP) is 3.68. The number of piperidine rings is 1. The second-order valence-electron chi connectivity index (χ2n) is 7.03. The molecule has 1 atom stereocenters. The molecule has 140 valence electrons. The molecular formula is C20H25N7. The molecule has 4 rings (SSSR count). The summed E-state index contributed by atoms with van der Waals surface area (Å²) in [6.45, 7) is 5.79. The molecule has 27 heavy (non-hydrogen) atoms. The zero-order valence-electron chi connectivity index (χ0n) is 15.8. The van der Waals surface area contributed by atoms with E-state index in [0.717, 1.165) is 54.2 Å². The number of anilines is 2. The Hall–Kier alpha value is -2.80. The first-order valence-electron chi connectivity index (χ1n) is 9.46. The molecule has 2 N–H and O–H groups in total. The Bertz CT molecular complexity index is 891. The van der Waals surface area contributed by atoms with Crippen molar-refractivity contribution < 1.29 is 0 Å². The lowest BCUT2D eigenvalue weighted by molar-refractivity contribution is 0.134. The number of aromatic nitrogens is 5. The number of likely N-dealkylation sites (tertiary alicyclic amines) is 1. The second kappa shape index (κ2) is 7.84. The van der Waals surface area contributed by atoms with Gasteiger partial charge in [-0.15, -0.1) is 0 Å². The van der Waals surface area contributed by atoms with E-state index in [9.17, 15) is 0 Å². The third-order valence-corrected chi connectivity index (χ3v) is 4.87. The van der Waals surface area contributed by atoms with Crippen LogP contribution in [0.5, 0.6) is 0 Å². The van der Waals surface area contributed by atoms with E-state index in [1.54, 1.807) is 6.20 Å². The van der Waals surface area contributed by atoms with Crippen molar-refractivity contribution in [3.05, 3.63) is 59.7 Å². The van der Waals surface area contributed by atoms with Gasteiger partial charge in [-0.25, -0.2) is 19.9 Å². The largest absolute Gasteiger partial charge is 0.348 e. The first-order chi connectivity index (χ1) is 13.2. The van der Waals surface area contributed by atoms with Crippen molar-refractivity contribution in [1.29, 1.82) is 0 Å². The van der Waals surface area contributed by atoms with E-state index in [0.29, 0.717) is 0 Å². The van der Waals surface area contributed by atoms with Gasteiger partial charge in [-0.3, -0.25) is 4.90 Å². The number of nitrogens with one attached hydrogen (secondary N) is 2. The number of pyridine rings is 1. The number of rotatable bonds is 5. The van der Waals surface area contributed by atoms with Crippen LogP contribution in [0.4, 0.5) is 11.6 Å². The molecule has 1 aliphatic rings. The average molecular weight is 363 g/mol. The quantitative estimate of drug-likeness (QED) is 0.719. The first kappa shape index (κ1) is 17.6. The molecule has 1 fully saturated rings. The van der Waals surface area contributed by atoms with Crippen LogP contribution in [0.3, 0.4) is 0 Å². The van der Waals surface area contributed by atoms with E-state index in [-0.39, 0.29) is 6.04 Å². The van der Waals surface area contributed by atoms with E-state index in [2.05, 4.69) is 36.2 Å². The molecule has 0 aromatic carbocycles. The molecule has 1 saturated heterocycles. The third kappa shape index (κ3) is 4.31. The van der Waals surface area contributed by atoms with Crippen molar-refractivity contribution in [2.24, 2.45) is 0 Å². The molecule has 7 nitrogen and oxygen atoms in total. The number of aryl methyl sites for hydroxylation is 2. The highest BCUT2D eigenvalue weighted by Gasteiger charge is 2.26. The molecule has 1 unspecified atom stereocenters. The van der Waals surface area contributed by atoms with E-state index < -0.39 is 0 Å². The van der Waals surface area contributed by atoms with Crippen LogP contribution in [0, 0.1) is 13.8 Å². The topological polar surface area (TPSA) is 82.6 Å². The van der Waals surface area contributed by atoms with Gasteiger partial charge in [0.05, 0.1) is 18.3 Å². The van der Waals surface area contributed by atoms with Gasteiger partial charge >= 0.3 is 0 Å². The van der Waals surface area contributed by atoms with E-state index in [1.807, 2.05) is 38.2 Å². The summed E-state index contributed by atoms with van der Waals surface area (Å²) in [5.74, 6) is 3.36. The monoisotopic (exact) mass is 363 g/mol. The summed E-state index contributed by atoms with van der Waals surface area (Å²) in [5.41, 5.74) is 2.03. The van der Waals surface area contributed by atoms with E-state index in [4.69, 9.17) is 4.98 Å². The van der Waals surface area contributed by atoms with Gasteiger partial charge in [0, 0.05) is 24.2 Å². The second-order valence-corrected chi connectivity index (χ2v) is 7.03. The summed E-state index contributed by atoms with van der Waals surface area (Å²) in [4.78, 5) is 23.9. The lowest BCUT2D eigenvalue weighted by Crippen LogP contribution is -2.34. The number of hydrogen-bond donors (Lipinski definition) is 2. The summed E-state index contributed by atoms with van der Waals surface area (Å²) >= 11 is 0. The summed E-state index contributed by atoms with van der Waals surface area (Å²) in [6, 6.07) is 8.26. The minimum absolute atomic E-state index is 0.275. The average Bonchev–Trinajstić information content (AvgIpc) is 3.15. The van der Waals surface area contributed by atoms with Gasteiger partial charge in [0.1, 0.15) is 23.3 Å². The van der Waals surface area contributed by atoms with Crippen LogP contribution in [0.15, 0.2) is 36.7 Å². The number of nitrogens with zero attached hydrogens (tertiary/aromatic N) is 5. The maximum atomic E-state index is 4.75. The predicted molar refractivity (Wildman–Crippen MR) is 105 cm³/mol. The zero-order chi connectivity index (χ0) is 18.6. The normalized spacial score (nSPS) is 17.8. The maximum Gasteiger partial charge on any atom is 0.135 e. The molecule has 0 aliphatic carbocycles. The molecular weight excluding hydrogens is 338 g/mol. The first-order valence-corrected chi connectivity index (χ1v) is 9.46. The van der Waals surface area contributed by atoms with Gasteiger partial charge in [-0.2, -0.15) is 0 Å². The molecule has 0 bridgehead atoms. The molecule has 3 aromatic heterocycles. The van der Waals surface area contributed by atoms with Gasteiger partial charge in [0.25, 0.3) is 0 Å². The van der Waals surface area contributed by atoms with Gasteiger partial charge in [-0.1, -0.05) is 12.5 Å². The highest BCUT2D eigenvalue weighted by atomic mass is 15.2. The minimum Gasteiger partial charge on any atom is -0.348 e. The Kier molecular flexibility index (Phi) is 5.11. The van der Waals surface area contributed by atoms with Crippen LogP contribution < -0.4 is 5.32 Å². The number of hydrogen-bond acceptors (Lipinski definition) is 6. The summed E-state index contributed by atoms with van der Waals surface area (Å²) in [5, 5.41) is 3.33. The van der Waals surface area contributed by atoms with Gasteiger partial charge < -0.3 is 10.3 Å².